The molecule has 0 N–H and O–H groups in total. The van der Waals surface area contributed by atoms with Gasteiger partial charge >= 0.3 is 0 Å². The molecule has 0 saturated carbocycles. The van der Waals surface area contributed by atoms with E-state index in [2.05, 4.69) is 53.1 Å². The molecule has 7 heteroatoms. The molecule has 4 rings (SSSR count). The summed E-state index contributed by atoms with van der Waals surface area (Å²) in [4.78, 5) is 23.3. The van der Waals surface area contributed by atoms with Crippen molar-refractivity contribution in [2.45, 2.75) is 39.9 Å². The molecule has 1 aromatic carbocycles. The largest absolute Gasteiger partial charge is 0.327 e. The maximum absolute atomic E-state index is 13.1. The highest BCUT2D eigenvalue weighted by Crippen LogP contribution is 2.25. The lowest BCUT2D eigenvalue weighted by atomic mass is 10.0. The van der Waals surface area contributed by atoms with Crippen molar-refractivity contribution < 1.29 is 4.79 Å². The van der Waals surface area contributed by atoms with Crippen molar-refractivity contribution in [3.05, 3.63) is 59.3 Å². The van der Waals surface area contributed by atoms with Gasteiger partial charge in [-0.3, -0.25) is 14.3 Å². The van der Waals surface area contributed by atoms with Gasteiger partial charge in [0, 0.05) is 31.5 Å². The summed E-state index contributed by atoms with van der Waals surface area (Å²) in [5.41, 5.74) is 4.19. The summed E-state index contributed by atoms with van der Waals surface area (Å²) in [5.74, 6) is 0.837. The van der Waals surface area contributed by atoms with Crippen LogP contribution in [0.1, 0.15) is 34.2 Å². The van der Waals surface area contributed by atoms with E-state index in [1.54, 1.807) is 18.6 Å². The molecule has 0 aliphatic carbocycles. The summed E-state index contributed by atoms with van der Waals surface area (Å²) in [6.07, 6.45) is 4.85. The number of aromatic nitrogens is 5. The lowest BCUT2D eigenvalue weighted by molar-refractivity contribution is 0.0587. The zero-order valence-corrected chi connectivity index (χ0v) is 15.0. The van der Waals surface area contributed by atoms with E-state index < -0.39 is 0 Å². The van der Waals surface area contributed by atoms with E-state index in [-0.39, 0.29) is 11.9 Å². The SMILES string of the molecule is Cc1cccc(C)c1CN1C(=O)c2nnc(-c3cnccn3)n2CC1C. The second-order valence-corrected chi connectivity index (χ2v) is 6.70. The number of carbonyl (C=O) groups excluding carboxylic acids is 1. The van der Waals surface area contributed by atoms with Gasteiger partial charge < -0.3 is 4.90 Å². The Morgan fingerprint density at radius 2 is 1.85 bits per heavy atom. The van der Waals surface area contributed by atoms with Gasteiger partial charge in [0.05, 0.1) is 6.20 Å². The second kappa shape index (κ2) is 6.33. The van der Waals surface area contributed by atoms with Gasteiger partial charge in [0.15, 0.2) is 5.82 Å². The molecule has 0 bridgehead atoms. The number of rotatable bonds is 3. The molecule has 0 spiro atoms. The highest BCUT2D eigenvalue weighted by atomic mass is 16.2. The van der Waals surface area contributed by atoms with Crippen LogP contribution in [0.5, 0.6) is 0 Å². The monoisotopic (exact) mass is 348 g/mol. The summed E-state index contributed by atoms with van der Waals surface area (Å²) >= 11 is 0. The topological polar surface area (TPSA) is 76.8 Å². The Hall–Kier alpha value is -3.09. The van der Waals surface area contributed by atoms with Crippen molar-refractivity contribution in [2.75, 3.05) is 0 Å². The number of amides is 1. The molecule has 1 aliphatic heterocycles. The third-order valence-corrected chi connectivity index (χ3v) is 4.95. The van der Waals surface area contributed by atoms with Gasteiger partial charge in [0.2, 0.25) is 5.82 Å². The van der Waals surface area contributed by atoms with E-state index in [9.17, 15) is 4.79 Å². The van der Waals surface area contributed by atoms with Crippen molar-refractivity contribution in [1.82, 2.24) is 29.6 Å². The zero-order valence-electron chi connectivity index (χ0n) is 15.0. The number of nitrogens with zero attached hydrogens (tertiary/aromatic N) is 6. The van der Waals surface area contributed by atoms with Crippen LogP contribution in [-0.2, 0) is 13.1 Å². The fourth-order valence-corrected chi connectivity index (χ4v) is 3.43. The van der Waals surface area contributed by atoms with E-state index in [0.29, 0.717) is 30.4 Å². The Balaban J connectivity index is 1.69. The van der Waals surface area contributed by atoms with Crippen LogP contribution in [0.4, 0.5) is 0 Å². The number of benzene rings is 1. The third-order valence-electron chi connectivity index (χ3n) is 4.95. The predicted molar refractivity (Wildman–Crippen MR) is 96.3 cm³/mol. The second-order valence-electron chi connectivity index (χ2n) is 6.70. The number of fused-ring (bicyclic) bond motifs is 1. The number of hydrogen-bond acceptors (Lipinski definition) is 5. The first-order valence-corrected chi connectivity index (χ1v) is 8.62. The normalized spacial score (nSPS) is 16.7. The highest BCUT2D eigenvalue weighted by molar-refractivity contribution is 5.92. The van der Waals surface area contributed by atoms with Gasteiger partial charge in [0.25, 0.3) is 5.91 Å². The van der Waals surface area contributed by atoms with Crippen molar-refractivity contribution >= 4 is 5.91 Å². The number of aryl methyl sites for hydroxylation is 2. The van der Waals surface area contributed by atoms with Crippen LogP contribution in [0.3, 0.4) is 0 Å². The van der Waals surface area contributed by atoms with E-state index in [1.165, 1.54) is 16.7 Å². The van der Waals surface area contributed by atoms with Crippen molar-refractivity contribution in [3.63, 3.8) is 0 Å². The summed E-state index contributed by atoms with van der Waals surface area (Å²) in [6, 6.07) is 6.23. The van der Waals surface area contributed by atoms with Crippen molar-refractivity contribution in [3.8, 4) is 11.5 Å². The Bertz CT molecular complexity index is 945. The lowest BCUT2D eigenvalue weighted by Gasteiger charge is -2.34. The molecular formula is C19H20N6O. The molecule has 3 heterocycles. The molecule has 0 saturated heterocycles. The Morgan fingerprint density at radius 3 is 2.54 bits per heavy atom. The minimum Gasteiger partial charge on any atom is -0.327 e. The van der Waals surface area contributed by atoms with Gasteiger partial charge in [-0.15, -0.1) is 10.2 Å². The Labute approximate surface area is 151 Å². The van der Waals surface area contributed by atoms with E-state index >= 15 is 0 Å². The van der Waals surface area contributed by atoms with E-state index in [4.69, 9.17) is 0 Å². The van der Waals surface area contributed by atoms with E-state index in [0.717, 1.165) is 0 Å². The highest BCUT2D eigenvalue weighted by Gasteiger charge is 2.34. The predicted octanol–water partition coefficient (Wildman–Crippen LogP) is 2.40. The summed E-state index contributed by atoms with van der Waals surface area (Å²) in [5, 5.41) is 8.33. The Morgan fingerprint density at radius 1 is 1.12 bits per heavy atom. The van der Waals surface area contributed by atoms with Crippen LogP contribution in [0.2, 0.25) is 0 Å². The van der Waals surface area contributed by atoms with Gasteiger partial charge in [0.1, 0.15) is 5.69 Å². The molecule has 1 aliphatic rings. The van der Waals surface area contributed by atoms with Gasteiger partial charge in [-0.05, 0) is 37.5 Å². The minimum absolute atomic E-state index is 0.0282. The maximum atomic E-state index is 13.1. The first-order valence-electron chi connectivity index (χ1n) is 8.62. The molecular weight excluding hydrogens is 328 g/mol. The van der Waals surface area contributed by atoms with Crippen LogP contribution < -0.4 is 0 Å². The molecule has 1 unspecified atom stereocenters. The minimum atomic E-state index is -0.103. The third kappa shape index (κ3) is 2.65. The van der Waals surface area contributed by atoms with Gasteiger partial charge in [-0.1, -0.05) is 18.2 Å². The molecule has 1 amide bonds. The van der Waals surface area contributed by atoms with Crippen LogP contribution >= 0.6 is 0 Å². The van der Waals surface area contributed by atoms with Crippen LogP contribution in [0.15, 0.2) is 36.8 Å². The van der Waals surface area contributed by atoms with E-state index in [1.807, 2.05) is 15.5 Å². The molecule has 26 heavy (non-hydrogen) atoms. The molecule has 7 nitrogen and oxygen atoms in total. The first kappa shape index (κ1) is 16.4. The first-order chi connectivity index (χ1) is 12.6. The quantitative estimate of drug-likeness (QED) is 0.726. The Kier molecular flexibility index (Phi) is 3.99. The molecule has 0 radical (unpaired) electrons. The smallest absolute Gasteiger partial charge is 0.292 e. The molecule has 132 valence electrons. The standard InChI is InChI=1S/C19H20N6O/c1-12-5-4-6-13(2)15(12)11-24-14(3)10-25-17(16-9-20-7-8-21-16)22-23-18(25)19(24)26/h4-9,14H,10-11H2,1-3H3. The zero-order chi connectivity index (χ0) is 18.3. The van der Waals surface area contributed by atoms with Crippen LogP contribution in [0, 0.1) is 13.8 Å². The lowest BCUT2D eigenvalue weighted by Crippen LogP contribution is -2.46. The molecule has 3 aromatic rings. The summed E-state index contributed by atoms with van der Waals surface area (Å²) in [7, 11) is 0. The molecule has 2 aromatic heterocycles. The summed E-state index contributed by atoms with van der Waals surface area (Å²) in [6.45, 7) is 7.41. The number of hydrogen-bond donors (Lipinski definition) is 0. The fourth-order valence-electron chi connectivity index (χ4n) is 3.43. The van der Waals surface area contributed by atoms with Crippen molar-refractivity contribution in [2.24, 2.45) is 0 Å². The number of carbonyl (C=O) groups is 1. The average Bonchev–Trinajstić information content (AvgIpc) is 3.05. The molecule has 0 fully saturated rings. The van der Waals surface area contributed by atoms with Gasteiger partial charge in [-0.2, -0.15) is 0 Å². The van der Waals surface area contributed by atoms with Gasteiger partial charge in [-0.25, -0.2) is 4.98 Å². The summed E-state index contributed by atoms with van der Waals surface area (Å²) < 4.78 is 1.85. The maximum Gasteiger partial charge on any atom is 0.292 e. The average molecular weight is 348 g/mol. The molecule has 1 atom stereocenters. The van der Waals surface area contributed by atoms with Crippen LogP contribution in [-0.4, -0.2) is 41.6 Å². The van der Waals surface area contributed by atoms with Crippen LogP contribution in [0.25, 0.3) is 11.5 Å². The van der Waals surface area contributed by atoms with Crippen molar-refractivity contribution in [1.29, 1.82) is 0 Å². The fraction of sp³-hybridized carbons (Fsp3) is 0.316.